The Bertz CT molecular complexity index is 513. The van der Waals surface area contributed by atoms with Crippen LogP contribution in [-0.4, -0.2) is 27.4 Å². The number of rotatable bonds is 3. The van der Waals surface area contributed by atoms with Crippen LogP contribution < -0.4 is 10.0 Å². The minimum atomic E-state index is -3.74. The molecule has 1 aromatic carbocycles. The van der Waals surface area contributed by atoms with Gasteiger partial charge in [-0.3, -0.25) is 4.79 Å². The van der Waals surface area contributed by atoms with E-state index in [4.69, 9.17) is 0 Å². The molecular formula is C12H17ClN2O3S. The van der Waals surface area contributed by atoms with Crippen molar-refractivity contribution in [3.63, 3.8) is 0 Å². The summed E-state index contributed by atoms with van der Waals surface area (Å²) in [5, 5.41) is 3.09. The number of nitrogens with one attached hydrogen (secondary N) is 2. The number of halogens is 1. The molecule has 19 heavy (non-hydrogen) atoms. The van der Waals surface area contributed by atoms with E-state index < -0.39 is 15.9 Å². The first-order chi connectivity index (χ1) is 8.59. The molecule has 5 nitrogen and oxygen atoms in total. The van der Waals surface area contributed by atoms with Crippen molar-refractivity contribution in [2.24, 2.45) is 5.92 Å². The van der Waals surface area contributed by atoms with Crippen LogP contribution in [0.25, 0.3) is 0 Å². The Balaban J connectivity index is 0.00000180. The first kappa shape index (κ1) is 15.9. The number of piperidine rings is 1. The molecule has 1 aliphatic rings. The largest absolute Gasteiger partial charge is 0.316 e. The van der Waals surface area contributed by atoms with E-state index >= 15 is 0 Å². The fourth-order valence-corrected chi connectivity index (χ4v) is 3.01. The fraction of sp³-hybridized carbons (Fsp3) is 0.417. The van der Waals surface area contributed by atoms with Gasteiger partial charge in [0.15, 0.2) is 0 Å². The van der Waals surface area contributed by atoms with Crippen LogP contribution >= 0.6 is 12.4 Å². The third-order valence-electron chi connectivity index (χ3n) is 2.96. The summed E-state index contributed by atoms with van der Waals surface area (Å²) in [5.41, 5.74) is 0. The molecule has 0 spiro atoms. The lowest BCUT2D eigenvalue weighted by molar-refractivity contribution is -0.123. The standard InChI is InChI=1S/C12H16N2O3S.ClH/c15-12(10-5-4-8-13-9-10)14-18(16,17)11-6-2-1-3-7-11;/h1-3,6-7,10,13H,4-5,8-9H2,(H,14,15);1H. The van der Waals surface area contributed by atoms with E-state index in [1.807, 2.05) is 0 Å². The highest BCUT2D eigenvalue weighted by atomic mass is 35.5. The molecule has 2 rings (SSSR count). The van der Waals surface area contributed by atoms with Crippen molar-refractivity contribution in [1.82, 2.24) is 10.0 Å². The second-order valence-electron chi connectivity index (χ2n) is 4.33. The summed E-state index contributed by atoms with van der Waals surface area (Å²) in [5.74, 6) is -0.691. The summed E-state index contributed by atoms with van der Waals surface area (Å²) in [6.45, 7) is 1.42. The zero-order chi connectivity index (χ0) is 13.0. The average molecular weight is 305 g/mol. The Labute approximate surface area is 119 Å². The maximum absolute atomic E-state index is 11.9. The van der Waals surface area contributed by atoms with Gasteiger partial charge in [0.2, 0.25) is 5.91 Å². The summed E-state index contributed by atoms with van der Waals surface area (Å²) >= 11 is 0. The van der Waals surface area contributed by atoms with Crippen molar-refractivity contribution >= 4 is 28.3 Å². The Hall–Kier alpha value is -1.11. The molecule has 2 N–H and O–H groups in total. The van der Waals surface area contributed by atoms with Crippen LogP contribution in [-0.2, 0) is 14.8 Å². The van der Waals surface area contributed by atoms with Gasteiger partial charge in [0.1, 0.15) is 0 Å². The Morgan fingerprint density at radius 2 is 1.95 bits per heavy atom. The Morgan fingerprint density at radius 1 is 1.26 bits per heavy atom. The van der Waals surface area contributed by atoms with Crippen molar-refractivity contribution in [1.29, 1.82) is 0 Å². The summed E-state index contributed by atoms with van der Waals surface area (Å²) in [7, 11) is -3.74. The molecule has 1 unspecified atom stereocenters. The van der Waals surface area contributed by atoms with Crippen LogP contribution in [0.4, 0.5) is 0 Å². The second kappa shape index (κ2) is 6.88. The van der Waals surface area contributed by atoms with E-state index in [1.54, 1.807) is 18.2 Å². The van der Waals surface area contributed by atoms with E-state index in [1.165, 1.54) is 12.1 Å². The van der Waals surface area contributed by atoms with E-state index in [2.05, 4.69) is 10.0 Å². The van der Waals surface area contributed by atoms with Crippen LogP contribution in [0.3, 0.4) is 0 Å². The van der Waals surface area contributed by atoms with Crippen LogP contribution in [0, 0.1) is 5.92 Å². The predicted molar refractivity (Wildman–Crippen MR) is 74.6 cm³/mol. The maximum atomic E-state index is 11.9. The monoisotopic (exact) mass is 304 g/mol. The number of amides is 1. The minimum absolute atomic E-state index is 0. The molecule has 0 radical (unpaired) electrons. The fourth-order valence-electron chi connectivity index (χ4n) is 1.95. The molecule has 1 atom stereocenters. The maximum Gasteiger partial charge on any atom is 0.264 e. The zero-order valence-electron chi connectivity index (χ0n) is 10.3. The number of sulfonamides is 1. The Morgan fingerprint density at radius 3 is 2.53 bits per heavy atom. The normalized spacial score (nSPS) is 19.3. The van der Waals surface area contributed by atoms with Gasteiger partial charge >= 0.3 is 0 Å². The first-order valence-corrected chi connectivity index (χ1v) is 7.40. The third-order valence-corrected chi connectivity index (χ3v) is 4.32. The Kier molecular flexibility index (Phi) is 5.78. The van der Waals surface area contributed by atoms with Gasteiger partial charge in [0, 0.05) is 6.54 Å². The van der Waals surface area contributed by atoms with E-state index in [0.717, 1.165) is 19.4 Å². The van der Waals surface area contributed by atoms with E-state index in [0.29, 0.717) is 6.54 Å². The van der Waals surface area contributed by atoms with Crippen molar-refractivity contribution in [3.05, 3.63) is 30.3 Å². The van der Waals surface area contributed by atoms with Gasteiger partial charge in [-0.2, -0.15) is 0 Å². The molecule has 1 saturated heterocycles. The van der Waals surface area contributed by atoms with Crippen molar-refractivity contribution in [3.8, 4) is 0 Å². The molecule has 1 amide bonds. The zero-order valence-corrected chi connectivity index (χ0v) is 12.0. The number of carbonyl (C=O) groups excluding carboxylic acids is 1. The molecule has 1 fully saturated rings. The molecule has 106 valence electrons. The number of hydrogen-bond donors (Lipinski definition) is 2. The van der Waals surface area contributed by atoms with Gasteiger partial charge in [0.25, 0.3) is 10.0 Å². The highest BCUT2D eigenvalue weighted by molar-refractivity contribution is 7.90. The van der Waals surface area contributed by atoms with Crippen LogP contribution in [0.1, 0.15) is 12.8 Å². The quantitative estimate of drug-likeness (QED) is 0.870. The number of benzene rings is 1. The smallest absolute Gasteiger partial charge is 0.264 e. The molecule has 0 aliphatic carbocycles. The number of hydrogen-bond acceptors (Lipinski definition) is 4. The highest BCUT2D eigenvalue weighted by Crippen LogP contribution is 2.12. The van der Waals surface area contributed by atoms with Gasteiger partial charge in [-0.1, -0.05) is 18.2 Å². The topological polar surface area (TPSA) is 75.3 Å². The summed E-state index contributed by atoms with van der Waals surface area (Å²) in [6, 6.07) is 7.91. The van der Waals surface area contributed by atoms with E-state index in [-0.39, 0.29) is 23.2 Å². The van der Waals surface area contributed by atoms with Crippen molar-refractivity contribution in [2.45, 2.75) is 17.7 Å². The van der Waals surface area contributed by atoms with Gasteiger partial charge in [-0.25, -0.2) is 13.1 Å². The highest BCUT2D eigenvalue weighted by Gasteiger charge is 2.25. The van der Waals surface area contributed by atoms with Crippen molar-refractivity contribution < 1.29 is 13.2 Å². The lowest BCUT2D eigenvalue weighted by atomic mass is 9.99. The van der Waals surface area contributed by atoms with Crippen molar-refractivity contribution in [2.75, 3.05) is 13.1 Å². The third kappa shape index (κ3) is 4.19. The molecule has 0 saturated carbocycles. The minimum Gasteiger partial charge on any atom is -0.316 e. The number of carbonyl (C=O) groups is 1. The van der Waals surface area contributed by atoms with E-state index in [9.17, 15) is 13.2 Å². The SMILES string of the molecule is Cl.O=C(NS(=O)(=O)c1ccccc1)C1CCCNC1. The van der Waals surface area contributed by atoms with Crippen LogP contribution in [0.15, 0.2) is 35.2 Å². The van der Waals surface area contributed by atoms with Gasteiger partial charge in [0.05, 0.1) is 10.8 Å². The lowest BCUT2D eigenvalue weighted by Gasteiger charge is -2.21. The van der Waals surface area contributed by atoms with Crippen LogP contribution in [0.2, 0.25) is 0 Å². The summed E-state index contributed by atoms with van der Waals surface area (Å²) < 4.78 is 26.0. The molecule has 7 heteroatoms. The van der Waals surface area contributed by atoms with Gasteiger partial charge in [-0.05, 0) is 31.5 Å². The second-order valence-corrected chi connectivity index (χ2v) is 6.01. The lowest BCUT2D eigenvalue weighted by Crippen LogP contribution is -2.42. The van der Waals surface area contributed by atoms with Gasteiger partial charge < -0.3 is 5.32 Å². The predicted octanol–water partition coefficient (Wildman–Crippen LogP) is 0.913. The summed E-state index contributed by atoms with van der Waals surface area (Å²) in [4.78, 5) is 12.0. The van der Waals surface area contributed by atoms with Gasteiger partial charge in [-0.15, -0.1) is 12.4 Å². The van der Waals surface area contributed by atoms with Crippen LogP contribution in [0.5, 0.6) is 0 Å². The molecule has 1 aliphatic heterocycles. The average Bonchev–Trinajstić information content (AvgIpc) is 2.40. The first-order valence-electron chi connectivity index (χ1n) is 5.92. The molecular weight excluding hydrogens is 288 g/mol. The summed E-state index contributed by atoms with van der Waals surface area (Å²) in [6.07, 6.45) is 1.62. The molecule has 1 aromatic rings. The molecule has 1 heterocycles. The molecule has 0 bridgehead atoms. The molecule has 0 aromatic heterocycles.